The quantitative estimate of drug-likeness (QED) is 0.753. The maximum Gasteiger partial charge on any atom is 0.103 e. The number of hydrogen-bond acceptors (Lipinski definition) is 3. The number of nitrogens with zero attached hydrogens (tertiary/aromatic N) is 3. The molecule has 2 fully saturated rings. The standard InChI is InChI=1S/C15H27N3/c1-13-5-4-6-14(11-13)17-7-9-18(10-8-17)15(2,3)12-16/h13-14H,4-11H2,1-3H3. The molecule has 2 unspecified atom stereocenters. The van der Waals surface area contributed by atoms with Crippen LogP contribution in [-0.4, -0.2) is 47.6 Å². The summed E-state index contributed by atoms with van der Waals surface area (Å²) in [5.74, 6) is 0.900. The Bertz CT molecular complexity index is 310. The minimum atomic E-state index is -0.300. The summed E-state index contributed by atoms with van der Waals surface area (Å²) in [6.45, 7) is 10.8. The number of piperazine rings is 1. The van der Waals surface area contributed by atoms with E-state index >= 15 is 0 Å². The van der Waals surface area contributed by atoms with Crippen LogP contribution >= 0.6 is 0 Å². The zero-order valence-corrected chi connectivity index (χ0v) is 12.2. The van der Waals surface area contributed by atoms with Gasteiger partial charge in [-0.2, -0.15) is 5.26 Å². The van der Waals surface area contributed by atoms with Crippen molar-refractivity contribution < 1.29 is 0 Å². The van der Waals surface area contributed by atoms with E-state index in [1.165, 1.54) is 25.7 Å². The highest BCUT2D eigenvalue weighted by Crippen LogP contribution is 2.28. The van der Waals surface area contributed by atoms with E-state index in [2.05, 4.69) is 22.8 Å². The van der Waals surface area contributed by atoms with Gasteiger partial charge in [0.2, 0.25) is 0 Å². The molecule has 2 atom stereocenters. The van der Waals surface area contributed by atoms with Crippen LogP contribution < -0.4 is 0 Å². The molecule has 0 amide bonds. The van der Waals surface area contributed by atoms with Crippen molar-refractivity contribution in [1.29, 1.82) is 5.26 Å². The van der Waals surface area contributed by atoms with Gasteiger partial charge in [-0.15, -0.1) is 0 Å². The highest BCUT2D eigenvalue weighted by atomic mass is 15.3. The van der Waals surface area contributed by atoms with Crippen LogP contribution in [0.1, 0.15) is 46.5 Å². The van der Waals surface area contributed by atoms with Crippen molar-refractivity contribution in [2.75, 3.05) is 26.2 Å². The lowest BCUT2D eigenvalue weighted by molar-refractivity contribution is 0.0393. The second-order valence-electron chi connectivity index (χ2n) is 6.62. The first-order valence-electron chi connectivity index (χ1n) is 7.43. The van der Waals surface area contributed by atoms with Crippen LogP contribution in [-0.2, 0) is 0 Å². The molecule has 1 heterocycles. The molecule has 1 saturated heterocycles. The second kappa shape index (κ2) is 5.59. The molecule has 0 aromatic rings. The fraction of sp³-hybridized carbons (Fsp3) is 0.933. The van der Waals surface area contributed by atoms with Crippen LogP contribution in [0.15, 0.2) is 0 Å². The van der Waals surface area contributed by atoms with Crippen molar-refractivity contribution in [3.05, 3.63) is 0 Å². The van der Waals surface area contributed by atoms with E-state index in [-0.39, 0.29) is 5.54 Å². The molecule has 0 aromatic carbocycles. The maximum atomic E-state index is 9.19. The van der Waals surface area contributed by atoms with E-state index in [1.54, 1.807) is 0 Å². The smallest absolute Gasteiger partial charge is 0.103 e. The Morgan fingerprint density at radius 3 is 2.33 bits per heavy atom. The zero-order chi connectivity index (χ0) is 13.2. The van der Waals surface area contributed by atoms with Crippen LogP contribution in [0, 0.1) is 17.2 Å². The van der Waals surface area contributed by atoms with E-state index in [4.69, 9.17) is 0 Å². The molecule has 0 N–H and O–H groups in total. The Kier molecular flexibility index (Phi) is 4.29. The molecule has 18 heavy (non-hydrogen) atoms. The van der Waals surface area contributed by atoms with Crippen LogP contribution in [0.5, 0.6) is 0 Å². The summed E-state index contributed by atoms with van der Waals surface area (Å²) >= 11 is 0. The third-order valence-electron chi connectivity index (χ3n) is 4.80. The Labute approximate surface area is 112 Å². The van der Waals surface area contributed by atoms with Gasteiger partial charge in [-0.1, -0.05) is 19.8 Å². The van der Waals surface area contributed by atoms with Crippen LogP contribution in [0.25, 0.3) is 0 Å². The number of rotatable bonds is 2. The van der Waals surface area contributed by atoms with E-state index in [0.717, 1.165) is 38.1 Å². The van der Waals surface area contributed by atoms with Gasteiger partial charge in [-0.25, -0.2) is 0 Å². The van der Waals surface area contributed by atoms with Gasteiger partial charge in [-0.3, -0.25) is 9.80 Å². The summed E-state index contributed by atoms with van der Waals surface area (Å²) in [6, 6.07) is 3.23. The molecule has 2 rings (SSSR count). The van der Waals surface area contributed by atoms with Gasteiger partial charge in [-0.05, 0) is 32.6 Å². The van der Waals surface area contributed by atoms with Crippen molar-refractivity contribution >= 4 is 0 Å². The number of hydrogen-bond donors (Lipinski definition) is 0. The van der Waals surface area contributed by atoms with E-state index in [9.17, 15) is 5.26 Å². The monoisotopic (exact) mass is 249 g/mol. The molecule has 3 heteroatoms. The topological polar surface area (TPSA) is 30.3 Å². The summed E-state index contributed by atoms with van der Waals surface area (Å²) in [4.78, 5) is 5.00. The summed E-state index contributed by atoms with van der Waals surface area (Å²) in [5, 5.41) is 9.19. The minimum Gasteiger partial charge on any atom is -0.298 e. The van der Waals surface area contributed by atoms with Crippen LogP contribution in [0.4, 0.5) is 0 Å². The first-order chi connectivity index (χ1) is 8.53. The normalized spacial score (nSPS) is 32.1. The van der Waals surface area contributed by atoms with Gasteiger partial charge in [0.15, 0.2) is 0 Å². The highest BCUT2D eigenvalue weighted by molar-refractivity contribution is 5.03. The lowest BCUT2D eigenvalue weighted by Gasteiger charge is -2.45. The van der Waals surface area contributed by atoms with Gasteiger partial charge >= 0.3 is 0 Å². The van der Waals surface area contributed by atoms with Crippen molar-refractivity contribution in [2.45, 2.75) is 58.0 Å². The first-order valence-corrected chi connectivity index (χ1v) is 7.43. The highest BCUT2D eigenvalue weighted by Gasteiger charge is 2.32. The maximum absolute atomic E-state index is 9.19. The number of nitriles is 1. The molecule has 0 bridgehead atoms. The van der Waals surface area contributed by atoms with E-state index < -0.39 is 0 Å². The predicted molar refractivity (Wildman–Crippen MR) is 74.3 cm³/mol. The lowest BCUT2D eigenvalue weighted by Crippen LogP contribution is -2.56. The largest absolute Gasteiger partial charge is 0.298 e. The summed E-state index contributed by atoms with van der Waals surface area (Å²) in [5.41, 5.74) is -0.300. The molecule has 1 aliphatic heterocycles. The predicted octanol–water partition coefficient (Wildman–Crippen LogP) is 2.48. The molecular formula is C15H27N3. The fourth-order valence-electron chi connectivity index (χ4n) is 3.45. The molecule has 3 nitrogen and oxygen atoms in total. The second-order valence-corrected chi connectivity index (χ2v) is 6.62. The molecule has 1 saturated carbocycles. The summed E-state index contributed by atoms with van der Waals surface area (Å²) in [6.07, 6.45) is 5.57. The molecular weight excluding hydrogens is 222 g/mol. The first kappa shape index (κ1) is 13.8. The molecule has 102 valence electrons. The van der Waals surface area contributed by atoms with Crippen molar-refractivity contribution in [2.24, 2.45) is 5.92 Å². The van der Waals surface area contributed by atoms with Crippen molar-refractivity contribution in [3.8, 4) is 6.07 Å². The Morgan fingerprint density at radius 1 is 1.11 bits per heavy atom. The molecule has 0 aromatic heterocycles. The third-order valence-corrected chi connectivity index (χ3v) is 4.80. The molecule has 2 aliphatic rings. The van der Waals surface area contributed by atoms with Gasteiger partial charge < -0.3 is 0 Å². The van der Waals surface area contributed by atoms with Crippen LogP contribution in [0.3, 0.4) is 0 Å². The van der Waals surface area contributed by atoms with Crippen molar-refractivity contribution in [3.63, 3.8) is 0 Å². The average Bonchev–Trinajstić information content (AvgIpc) is 2.39. The summed E-state index contributed by atoms with van der Waals surface area (Å²) < 4.78 is 0. The van der Waals surface area contributed by atoms with Gasteiger partial charge in [0.25, 0.3) is 0 Å². The summed E-state index contributed by atoms with van der Waals surface area (Å²) in [7, 11) is 0. The minimum absolute atomic E-state index is 0.300. The fourth-order valence-corrected chi connectivity index (χ4v) is 3.45. The lowest BCUT2D eigenvalue weighted by atomic mass is 9.86. The molecule has 0 radical (unpaired) electrons. The third kappa shape index (κ3) is 3.05. The van der Waals surface area contributed by atoms with E-state index in [1.807, 2.05) is 13.8 Å². The van der Waals surface area contributed by atoms with E-state index in [0.29, 0.717) is 0 Å². The average molecular weight is 249 g/mol. The van der Waals surface area contributed by atoms with Gasteiger partial charge in [0.05, 0.1) is 6.07 Å². The van der Waals surface area contributed by atoms with Crippen molar-refractivity contribution in [1.82, 2.24) is 9.80 Å². The van der Waals surface area contributed by atoms with Crippen LogP contribution in [0.2, 0.25) is 0 Å². The Morgan fingerprint density at radius 2 is 1.78 bits per heavy atom. The Hall–Kier alpha value is -0.590. The Balaban J connectivity index is 1.85. The SMILES string of the molecule is CC1CCCC(N2CCN(C(C)(C)C#N)CC2)C1. The van der Waals surface area contributed by atoms with Gasteiger partial charge in [0, 0.05) is 32.2 Å². The molecule has 0 spiro atoms. The molecule has 1 aliphatic carbocycles. The van der Waals surface area contributed by atoms with Gasteiger partial charge in [0.1, 0.15) is 5.54 Å². The zero-order valence-electron chi connectivity index (χ0n) is 12.2.